The zero-order valence-electron chi connectivity index (χ0n) is 17.0. The highest BCUT2D eigenvalue weighted by Gasteiger charge is 2.25. The molecule has 0 radical (unpaired) electrons. The number of carbonyl (C=O) groups excluding carboxylic acids is 1. The third-order valence-electron chi connectivity index (χ3n) is 5.16. The van der Waals surface area contributed by atoms with Crippen LogP contribution in [0.15, 0.2) is 79.0 Å². The molecule has 1 heterocycles. The van der Waals surface area contributed by atoms with Crippen molar-refractivity contribution in [2.75, 3.05) is 11.9 Å². The standard InChI is InChI=1S/C24H20FN3O4/c25-22-9-5-4-8-18(22)21(14-28(30)31)20-13-26-23-12-17(10-11-19(20)23)27-24(29)32-15-16-6-2-1-3-7-16/h1-13,21,26H,14-15H2,(H,27,29). The number of aromatic nitrogens is 1. The van der Waals surface area contributed by atoms with Crippen molar-refractivity contribution in [2.24, 2.45) is 0 Å². The first-order valence-electron chi connectivity index (χ1n) is 9.96. The van der Waals surface area contributed by atoms with Gasteiger partial charge in [0.1, 0.15) is 12.4 Å². The molecule has 1 unspecified atom stereocenters. The molecule has 0 aliphatic carbocycles. The van der Waals surface area contributed by atoms with Gasteiger partial charge in [0.15, 0.2) is 0 Å². The van der Waals surface area contributed by atoms with Crippen LogP contribution in [-0.4, -0.2) is 22.5 Å². The summed E-state index contributed by atoms with van der Waals surface area (Å²) in [5.74, 6) is -1.25. The van der Waals surface area contributed by atoms with Crippen molar-refractivity contribution in [2.45, 2.75) is 12.5 Å². The number of carbonyl (C=O) groups is 1. The summed E-state index contributed by atoms with van der Waals surface area (Å²) in [6.45, 7) is -0.299. The van der Waals surface area contributed by atoms with Crippen LogP contribution in [0.3, 0.4) is 0 Å². The van der Waals surface area contributed by atoms with Crippen molar-refractivity contribution in [3.8, 4) is 0 Å². The summed E-state index contributed by atoms with van der Waals surface area (Å²) in [5.41, 5.74) is 2.90. The summed E-state index contributed by atoms with van der Waals surface area (Å²) in [7, 11) is 0. The fourth-order valence-corrected chi connectivity index (χ4v) is 3.66. The zero-order valence-corrected chi connectivity index (χ0v) is 17.0. The number of nitrogens with one attached hydrogen (secondary N) is 2. The average Bonchev–Trinajstić information content (AvgIpc) is 3.20. The van der Waals surface area contributed by atoms with Crippen molar-refractivity contribution in [1.29, 1.82) is 0 Å². The van der Waals surface area contributed by atoms with E-state index >= 15 is 0 Å². The van der Waals surface area contributed by atoms with Gasteiger partial charge in [0.25, 0.3) is 0 Å². The van der Waals surface area contributed by atoms with Crippen LogP contribution in [0.5, 0.6) is 0 Å². The Balaban J connectivity index is 1.54. The number of H-pyrrole nitrogens is 1. The highest BCUT2D eigenvalue weighted by atomic mass is 19.1. The highest BCUT2D eigenvalue weighted by molar-refractivity contribution is 5.91. The second kappa shape index (κ2) is 9.30. The van der Waals surface area contributed by atoms with Crippen LogP contribution in [0.1, 0.15) is 22.6 Å². The van der Waals surface area contributed by atoms with Crippen molar-refractivity contribution in [3.63, 3.8) is 0 Å². The van der Waals surface area contributed by atoms with Gasteiger partial charge < -0.3 is 9.72 Å². The molecule has 4 rings (SSSR count). The number of aromatic amines is 1. The number of halogens is 1. The molecule has 8 heteroatoms. The van der Waals surface area contributed by atoms with Gasteiger partial charge in [-0.3, -0.25) is 15.4 Å². The van der Waals surface area contributed by atoms with Gasteiger partial charge in [-0.1, -0.05) is 54.6 Å². The van der Waals surface area contributed by atoms with E-state index in [4.69, 9.17) is 4.74 Å². The Morgan fingerprint density at radius 2 is 1.81 bits per heavy atom. The fourth-order valence-electron chi connectivity index (χ4n) is 3.66. The Labute approximate surface area is 183 Å². The van der Waals surface area contributed by atoms with Crippen LogP contribution in [0, 0.1) is 15.9 Å². The molecule has 2 N–H and O–H groups in total. The molecule has 4 aromatic rings. The van der Waals surface area contributed by atoms with Crippen LogP contribution in [-0.2, 0) is 11.3 Å². The molecule has 1 amide bonds. The van der Waals surface area contributed by atoms with Crippen LogP contribution in [0.25, 0.3) is 10.9 Å². The molecule has 162 valence electrons. The molecule has 0 spiro atoms. The van der Waals surface area contributed by atoms with Gasteiger partial charge in [-0.2, -0.15) is 0 Å². The lowest BCUT2D eigenvalue weighted by Gasteiger charge is -2.14. The number of nitro groups is 1. The smallest absolute Gasteiger partial charge is 0.411 e. The van der Waals surface area contributed by atoms with Gasteiger partial charge in [0.05, 0.1) is 5.92 Å². The van der Waals surface area contributed by atoms with Crippen LogP contribution in [0.4, 0.5) is 14.9 Å². The van der Waals surface area contributed by atoms with Gasteiger partial charge in [0.2, 0.25) is 6.54 Å². The van der Waals surface area contributed by atoms with E-state index in [1.54, 1.807) is 42.6 Å². The highest BCUT2D eigenvalue weighted by Crippen LogP contribution is 2.33. The largest absolute Gasteiger partial charge is 0.444 e. The lowest BCUT2D eigenvalue weighted by Crippen LogP contribution is -2.15. The summed E-state index contributed by atoms with van der Waals surface area (Å²) < 4.78 is 19.6. The summed E-state index contributed by atoms with van der Waals surface area (Å²) in [5, 5.41) is 14.7. The first-order valence-corrected chi connectivity index (χ1v) is 9.96. The monoisotopic (exact) mass is 433 g/mol. The normalized spacial score (nSPS) is 11.8. The maximum atomic E-state index is 14.4. The van der Waals surface area contributed by atoms with Crippen molar-refractivity contribution >= 4 is 22.7 Å². The second-order valence-electron chi connectivity index (χ2n) is 7.28. The lowest BCUT2D eigenvalue weighted by molar-refractivity contribution is -0.481. The van der Waals surface area contributed by atoms with E-state index in [2.05, 4.69) is 10.3 Å². The number of nitrogens with zero attached hydrogens (tertiary/aromatic N) is 1. The SMILES string of the molecule is O=C(Nc1ccc2c(C(C[N+](=O)[O-])c3ccccc3F)c[nH]c2c1)OCc1ccccc1. The molecule has 1 atom stereocenters. The Hall–Kier alpha value is -4.20. The minimum Gasteiger partial charge on any atom is -0.444 e. The van der Waals surface area contributed by atoms with E-state index in [1.807, 2.05) is 30.3 Å². The molecular weight excluding hydrogens is 413 g/mol. The number of rotatable bonds is 7. The molecule has 7 nitrogen and oxygen atoms in total. The van der Waals surface area contributed by atoms with E-state index in [-0.39, 0.29) is 12.2 Å². The van der Waals surface area contributed by atoms with E-state index in [0.717, 1.165) is 5.56 Å². The average molecular weight is 433 g/mol. The van der Waals surface area contributed by atoms with Crippen LogP contribution in [0.2, 0.25) is 0 Å². The third-order valence-corrected chi connectivity index (χ3v) is 5.16. The Morgan fingerprint density at radius 3 is 2.56 bits per heavy atom. The van der Waals surface area contributed by atoms with E-state index in [0.29, 0.717) is 22.2 Å². The number of hydrogen-bond acceptors (Lipinski definition) is 4. The summed E-state index contributed by atoms with van der Waals surface area (Å²) in [6, 6.07) is 20.5. The van der Waals surface area contributed by atoms with E-state index in [9.17, 15) is 19.3 Å². The Morgan fingerprint density at radius 1 is 1.06 bits per heavy atom. The molecule has 0 aliphatic heterocycles. The summed E-state index contributed by atoms with van der Waals surface area (Å²) in [4.78, 5) is 26.0. The van der Waals surface area contributed by atoms with Crippen LogP contribution < -0.4 is 5.32 Å². The van der Waals surface area contributed by atoms with E-state index < -0.39 is 29.3 Å². The molecule has 1 aromatic heterocycles. The minimum atomic E-state index is -0.755. The molecule has 32 heavy (non-hydrogen) atoms. The van der Waals surface area contributed by atoms with E-state index in [1.165, 1.54) is 6.07 Å². The lowest BCUT2D eigenvalue weighted by atomic mass is 9.90. The number of benzene rings is 3. The van der Waals surface area contributed by atoms with Crippen molar-refractivity contribution in [1.82, 2.24) is 4.98 Å². The number of ether oxygens (including phenoxy) is 1. The van der Waals surface area contributed by atoms with Gasteiger partial charge in [-0.15, -0.1) is 0 Å². The second-order valence-corrected chi connectivity index (χ2v) is 7.28. The van der Waals surface area contributed by atoms with Gasteiger partial charge in [-0.25, -0.2) is 9.18 Å². The topological polar surface area (TPSA) is 97.3 Å². The van der Waals surface area contributed by atoms with Gasteiger partial charge >= 0.3 is 6.09 Å². The van der Waals surface area contributed by atoms with Crippen molar-refractivity contribution < 1.29 is 18.8 Å². The number of fused-ring (bicyclic) bond motifs is 1. The van der Waals surface area contributed by atoms with Gasteiger partial charge in [-0.05, 0) is 29.3 Å². The molecular formula is C24H20FN3O4. The predicted molar refractivity (Wildman–Crippen MR) is 119 cm³/mol. The molecule has 0 saturated heterocycles. The number of amides is 1. The third kappa shape index (κ3) is 4.75. The fraction of sp³-hybridized carbons (Fsp3) is 0.125. The zero-order chi connectivity index (χ0) is 22.5. The molecule has 0 bridgehead atoms. The maximum absolute atomic E-state index is 14.4. The van der Waals surface area contributed by atoms with Gasteiger partial charge in [0, 0.05) is 33.3 Å². The Bertz CT molecular complexity index is 1260. The molecule has 0 fully saturated rings. The first-order chi connectivity index (χ1) is 15.5. The quantitative estimate of drug-likeness (QED) is 0.299. The predicted octanol–water partition coefficient (Wildman–Crippen LogP) is 5.46. The number of anilines is 1. The summed E-state index contributed by atoms with van der Waals surface area (Å²) in [6.07, 6.45) is 1.04. The molecule has 0 aliphatic rings. The first kappa shape index (κ1) is 21.0. The maximum Gasteiger partial charge on any atom is 0.411 e. The van der Waals surface area contributed by atoms with Crippen molar-refractivity contribution in [3.05, 3.63) is 112 Å². The minimum absolute atomic E-state index is 0.146. The van der Waals surface area contributed by atoms with Crippen LogP contribution >= 0.6 is 0 Å². The summed E-state index contributed by atoms with van der Waals surface area (Å²) >= 11 is 0. The molecule has 3 aromatic carbocycles. The molecule has 0 saturated carbocycles. The number of hydrogen-bond donors (Lipinski definition) is 2. The Kier molecular flexibility index (Phi) is 6.12.